The third kappa shape index (κ3) is 4.19. The molecule has 0 amide bonds. The first-order valence-corrected chi connectivity index (χ1v) is 7.64. The molecule has 0 fully saturated rings. The molecule has 5 nitrogen and oxygen atoms in total. The standard InChI is InChI=1S/C13H21NO4S/c1-4-11(15)9-10-14(2)19(16,17)13-7-5-12(18-3)6-8-13/h5-8,11,15H,4,9-10H2,1-3H3. The molecule has 1 aromatic rings. The molecule has 108 valence electrons. The average Bonchev–Trinajstić information content (AvgIpc) is 2.44. The van der Waals surface area contributed by atoms with Gasteiger partial charge in [0, 0.05) is 13.6 Å². The van der Waals surface area contributed by atoms with Crippen molar-refractivity contribution in [3.63, 3.8) is 0 Å². The zero-order valence-corrected chi connectivity index (χ0v) is 12.4. The first-order chi connectivity index (χ1) is 8.91. The number of rotatable bonds is 7. The van der Waals surface area contributed by atoms with Gasteiger partial charge in [-0.3, -0.25) is 0 Å². The predicted molar refractivity (Wildman–Crippen MR) is 73.7 cm³/mol. The third-order valence-electron chi connectivity index (χ3n) is 3.02. The van der Waals surface area contributed by atoms with Gasteiger partial charge in [0.05, 0.1) is 18.1 Å². The van der Waals surface area contributed by atoms with E-state index in [0.717, 1.165) is 0 Å². The molecule has 0 aliphatic carbocycles. The van der Waals surface area contributed by atoms with Gasteiger partial charge in [-0.1, -0.05) is 6.92 Å². The molecule has 1 rings (SSSR count). The summed E-state index contributed by atoms with van der Waals surface area (Å²) in [5.74, 6) is 0.614. The van der Waals surface area contributed by atoms with Crippen LogP contribution in [0.5, 0.6) is 5.75 Å². The number of sulfonamides is 1. The van der Waals surface area contributed by atoms with Crippen molar-refractivity contribution in [1.29, 1.82) is 0 Å². The van der Waals surface area contributed by atoms with E-state index in [9.17, 15) is 13.5 Å². The summed E-state index contributed by atoms with van der Waals surface area (Å²) in [7, 11) is -0.456. The summed E-state index contributed by atoms with van der Waals surface area (Å²) in [5.41, 5.74) is 0. The number of hydrogen-bond acceptors (Lipinski definition) is 4. The average molecular weight is 287 g/mol. The van der Waals surface area contributed by atoms with Gasteiger partial charge in [0.2, 0.25) is 10.0 Å². The lowest BCUT2D eigenvalue weighted by molar-refractivity contribution is 0.154. The molecule has 1 aromatic carbocycles. The van der Waals surface area contributed by atoms with Crippen LogP contribution in [0.25, 0.3) is 0 Å². The Morgan fingerprint density at radius 2 is 1.89 bits per heavy atom. The Bertz CT molecular complexity index is 484. The lowest BCUT2D eigenvalue weighted by atomic mass is 10.2. The van der Waals surface area contributed by atoms with E-state index in [1.165, 1.54) is 30.6 Å². The minimum absolute atomic E-state index is 0.224. The quantitative estimate of drug-likeness (QED) is 0.825. The fourth-order valence-corrected chi connectivity index (χ4v) is 2.77. The molecule has 19 heavy (non-hydrogen) atoms. The van der Waals surface area contributed by atoms with Crippen molar-refractivity contribution in [3.8, 4) is 5.75 Å². The molecule has 0 spiro atoms. The second-order valence-electron chi connectivity index (χ2n) is 4.35. The van der Waals surface area contributed by atoms with Crippen LogP contribution in [0, 0.1) is 0 Å². The summed E-state index contributed by atoms with van der Waals surface area (Å²) in [6.07, 6.45) is 0.590. The van der Waals surface area contributed by atoms with E-state index in [-0.39, 0.29) is 4.90 Å². The van der Waals surface area contributed by atoms with Gasteiger partial charge in [-0.25, -0.2) is 12.7 Å². The molecular weight excluding hydrogens is 266 g/mol. The highest BCUT2D eigenvalue weighted by molar-refractivity contribution is 7.89. The number of aliphatic hydroxyl groups is 1. The van der Waals surface area contributed by atoms with Crippen LogP contribution in [0.2, 0.25) is 0 Å². The van der Waals surface area contributed by atoms with Gasteiger partial charge < -0.3 is 9.84 Å². The first kappa shape index (κ1) is 15.9. The highest BCUT2D eigenvalue weighted by Crippen LogP contribution is 2.18. The second-order valence-corrected chi connectivity index (χ2v) is 6.40. The van der Waals surface area contributed by atoms with Crippen molar-refractivity contribution in [2.24, 2.45) is 0 Å². The summed E-state index contributed by atoms with van der Waals surface area (Å²) >= 11 is 0. The molecule has 0 bridgehead atoms. The number of methoxy groups -OCH3 is 1. The van der Waals surface area contributed by atoms with Crippen molar-refractivity contribution < 1.29 is 18.3 Å². The lowest BCUT2D eigenvalue weighted by Crippen LogP contribution is -2.29. The Hall–Kier alpha value is -1.11. The molecule has 0 saturated heterocycles. The van der Waals surface area contributed by atoms with Crippen LogP contribution in [0.1, 0.15) is 19.8 Å². The Morgan fingerprint density at radius 3 is 2.37 bits per heavy atom. The van der Waals surface area contributed by atoms with Gasteiger partial charge >= 0.3 is 0 Å². The molecule has 1 N–H and O–H groups in total. The maximum Gasteiger partial charge on any atom is 0.242 e. The van der Waals surface area contributed by atoms with E-state index in [0.29, 0.717) is 25.1 Å². The second kappa shape index (κ2) is 6.88. The highest BCUT2D eigenvalue weighted by atomic mass is 32.2. The van der Waals surface area contributed by atoms with E-state index in [4.69, 9.17) is 4.74 Å². The maximum atomic E-state index is 12.2. The largest absolute Gasteiger partial charge is 0.497 e. The Labute approximate surface area is 114 Å². The number of ether oxygens (including phenoxy) is 1. The molecule has 0 aliphatic rings. The Morgan fingerprint density at radius 1 is 1.32 bits per heavy atom. The number of nitrogens with zero attached hydrogens (tertiary/aromatic N) is 1. The van der Waals surface area contributed by atoms with Crippen molar-refractivity contribution in [2.75, 3.05) is 20.7 Å². The van der Waals surface area contributed by atoms with Gasteiger partial charge in [0.25, 0.3) is 0 Å². The molecule has 6 heteroatoms. The Balaban J connectivity index is 2.78. The SMILES string of the molecule is CCC(O)CCN(C)S(=O)(=O)c1ccc(OC)cc1. The van der Waals surface area contributed by atoms with Crippen LogP contribution < -0.4 is 4.74 Å². The zero-order valence-electron chi connectivity index (χ0n) is 11.5. The van der Waals surface area contributed by atoms with Crippen LogP contribution in [0.3, 0.4) is 0 Å². The summed E-state index contributed by atoms with van der Waals surface area (Å²) in [6, 6.07) is 6.26. The fraction of sp³-hybridized carbons (Fsp3) is 0.538. The van der Waals surface area contributed by atoms with Gasteiger partial charge in [-0.05, 0) is 37.1 Å². The predicted octanol–water partition coefficient (Wildman–Crippen LogP) is 1.48. The van der Waals surface area contributed by atoms with E-state index >= 15 is 0 Å². The summed E-state index contributed by atoms with van der Waals surface area (Å²) in [6.45, 7) is 2.16. The summed E-state index contributed by atoms with van der Waals surface area (Å²) in [4.78, 5) is 0.224. The fourth-order valence-electron chi connectivity index (χ4n) is 1.58. The van der Waals surface area contributed by atoms with Crippen molar-refractivity contribution >= 4 is 10.0 Å². The van der Waals surface area contributed by atoms with Crippen LogP contribution in [0.4, 0.5) is 0 Å². The molecule has 0 saturated carbocycles. The molecule has 0 heterocycles. The van der Waals surface area contributed by atoms with Crippen LogP contribution >= 0.6 is 0 Å². The van der Waals surface area contributed by atoms with Crippen LogP contribution in [-0.2, 0) is 10.0 Å². The molecule has 0 aromatic heterocycles. The third-order valence-corrected chi connectivity index (χ3v) is 4.89. The zero-order chi connectivity index (χ0) is 14.5. The van der Waals surface area contributed by atoms with Crippen LogP contribution in [0.15, 0.2) is 29.2 Å². The summed E-state index contributed by atoms with van der Waals surface area (Å²) < 4.78 is 30.7. The summed E-state index contributed by atoms with van der Waals surface area (Å²) in [5, 5.41) is 9.47. The molecule has 0 aliphatic heterocycles. The van der Waals surface area contributed by atoms with E-state index in [1.807, 2.05) is 6.92 Å². The minimum atomic E-state index is -3.50. The smallest absolute Gasteiger partial charge is 0.242 e. The van der Waals surface area contributed by atoms with E-state index in [2.05, 4.69) is 0 Å². The number of benzene rings is 1. The molecule has 0 radical (unpaired) electrons. The van der Waals surface area contributed by atoms with Gasteiger partial charge in [0.1, 0.15) is 5.75 Å². The number of aliphatic hydroxyl groups excluding tert-OH is 1. The normalized spacial score (nSPS) is 13.5. The minimum Gasteiger partial charge on any atom is -0.497 e. The van der Waals surface area contributed by atoms with E-state index in [1.54, 1.807) is 12.1 Å². The first-order valence-electron chi connectivity index (χ1n) is 6.20. The highest BCUT2D eigenvalue weighted by Gasteiger charge is 2.21. The van der Waals surface area contributed by atoms with Gasteiger partial charge in [-0.15, -0.1) is 0 Å². The number of hydrogen-bond donors (Lipinski definition) is 1. The van der Waals surface area contributed by atoms with Crippen molar-refractivity contribution in [3.05, 3.63) is 24.3 Å². The van der Waals surface area contributed by atoms with Gasteiger partial charge in [0.15, 0.2) is 0 Å². The topological polar surface area (TPSA) is 66.8 Å². The van der Waals surface area contributed by atoms with Crippen molar-refractivity contribution in [2.45, 2.75) is 30.8 Å². The van der Waals surface area contributed by atoms with E-state index < -0.39 is 16.1 Å². The van der Waals surface area contributed by atoms with Crippen molar-refractivity contribution in [1.82, 2.24) is 4.31 Å². The Kier molecular flexibility index (Phi) is 5.78. The lowest BCUT2D eigenvalue weighted by Gasteiger charge is -2.18. The molecule has 1 unspecified atom stereocenters. The molecular formula is C13H21NO4S. The van der Waals surface area contributed by atoms with Crippen LogP contribution in [-0.4, -0.2) is 44.6 Å². The maximum absolute atomic E-state index is 12.2. The van der Waals surface area contributed by atoms with Gasteiger partial charge in [-0.2, -0.15) is 0 Å². The monoisotopic (exact) mass is 287 g/mol. The molecule has 1 atom stereocenters.